The van der Waals surface area contributed by atoms with Crippen LogP contribution in [0.3, 0.4) is 0 Å². The standard InChI is InChI=1S/C22H28N6O2/c1-16-12-18(26-20(29)4-7-27-8-10-30-11-9-27)15-28(14-16)19-3-2-17(13-23)21-22(19)25-6-5-24-21/h2-3,5-6,16,18H,4,7-12,14-15H2,1H3,(H,26,29)/t16-,18+/m0/s1. The van der Waals surface area contributed by atoms with Crippen molar-refractivity contribution in [2.24, 2.45) is 5.92 Å². The van der Waals surface area contributed by atoms with Crippen molar-refractivity contribution >= 4 is 22.6 Å². The van der Waals surface area contributed by atoms with E-state index in [-0.39, 0.29) is 11.9 Å². The third kappa shape index (κ3) is 4.69. The van der Waals surface area contributed by atoms with Gasteiger partial charge in [0.1, 0.15) is 17.1 Å². The molecule has 0 saturated carbocycles. The zero-order chi connectivity index (χ0) is 20.9. The Morgan fingerprint density at radius 2 is 2.00 bits per heavy atom. The number of ether oxygens (including phenoxy) is 1. The second-order valence-corrected chi connectivity index (χ2v) is 8.21. The van der Waals surface area contributed by atoms with Crippen molar-refractivity contribution in [3.8, 4) is 6.07 Å². The number of amides is 1. The maximum Gasteiger partial charge on any atom is 0.221 e. The van der Waals surface area contributed by atoms with E-state index in [0.29, 0.717) is 23.4 Å². The normalized spacial score (nSPS) is 22.6. The van der Waals surface area contributed by atoms with Crippen LogP contribution in [-0.4, -0.2) is 72.8 Å². The molecule has 1 N–H and O–H groups in total. The Morgan fingerprint density at radius 1 is 1.23 bits per heavy atom. The molecule has 2 fully saturated rings. The van der Waals surface area contributed by atoms with E-state index in [1.165, 1.54) is 0 Å². The minimum atomic E-state index is 0.0910. The van der Waals surface area contributed by atoms with E-state index in [4.69, 9.17) is 4.74 Å². The lowest BCUT2D eigenvalue weighted by Gasteiger charge is -2.38. The van der Waals surface area contributed by atoms with Crippen molar-refractivity contribution in [2.45, 2.75) is 25.8 Å². The van der Waals surface area contributed by atoms with Crippen LogP contribution in [0.2, 0.25) is 0 Å². The quantitative estimate of drug-likeness (QED) is 0.802. The summed E-state index contributed by atoms with van der Waals surface area (Å²) in [5.41, 5.74) is 2.86. The Morgan fingerprint density at radius 3 is 2.77 bits per heavy atom. The van der Waals surface area contributed by atoms with Gasteiger partial charge in [-0.2, -0.15) is 5.26 Å². The number of fused-ring (bicyclic) bond motifs is 1. The Labute approximate surface area is 176 Å². The summed E-state index contributed by atoms with van der Waals surface area (Å²) in [7, 11) is 0. The summed E-state index contributed by atoms with van der Waals surface area (Å²) < 4.78 is 5.36. The second kappa shape index (κ2) is 9.37. The molecule has 0 radical (unpaired) electrons. The second-order valence-electron chi connectivity index (χ2n) is 8.21. The summed E-state index contributed by atoms with van der Waals surface area (Å²) >= 11 is 0. The smallest absolute Gasteiger partial charge is 0.221 e. The number of anilines is 1. The maximum absolute atomic E-state index is 12.6. The van der Waals surface area contributed by atoms with Crippen LogP contribution in [0.5, 0.6) is 0 Å². The molecule has 8 heteroatoms. The molecule has 2 aliphatic rings. The summed E-state index contributed by atoms with van der Waals surface area (Å²) in [6, 6.07) is 6.04. The van der Waals surface area contributed by atoms with Gasteiger partial charge >= 0.3 is 0 Å². The molecular formula is C22H28N6O2. The molecule has 2 atom stereocenters. The largest absolute Gasteiger partial charge is 0.379 e. The summed E-state index contributed by atoms with van der Waals surface area (Å²) in [5.74, 6) is 0.538. The molecule has 0 unspecified atom stereocenters. The number of nitrogens with zero attached hydrogens (tertiary/aromatic N) is 5. The lowest BCUT2D eigenvalue weighted by molar-refractivity contribution is -0.122. The van der Waals surface area contributed by atoms with Crippen molar-refractivity contribution in [2.75, 3.05) is 50.8 Å². The molecule has 0 bridgehead atoms. The predicted molar refractivity (Wildman–Crippen MR) is 114 cm³/mol. The summed E-state index contributed by atoms with van der Waals surface area (Å²) in [6.07, 6.45) is 4.74. The number of rotatable bonds is 5. The molecular weight excluding hydrogens is 380 g/mol. The van der Waals surface area contributed by atoms with Crippen molar-refractivity contribution in [3.05, 3.63) is 30.1 Å². The van der Waals surface area contributed by atoms with Gasteiger partial charge in [-0.05, 0) is 24.5 Å². The molecule has 158 valence electrons. The number of hydrogen-bond acceptors (Lipinski definition) is 7. The number of hydrogen-bond donors (Lipinski definition) is 1. The summed E-state index contributed by atoms with van der Waals surface area (Å²) in [6.45, 7) is 7.88. The van der Waals surface area contributed by atoms with Crippen LogP contribution in [0.25, 0.3) is 11.0 Å². The first-order valence-electron chi connectivity index (χ1n) is 10.6. The minimum absolute atomic E-state index is 0.0910. The third-order valence-corrected chi connectivity index (χ3v) is 5.85. The summed E-state index contributed by atoms with van der Waals surface area (Å²) in [5, 5.41) is 12.6. The molecule has 30 heavy (non-hydrogen) atoms. The number of nitriles is 1. The zero-order valence-corrected chi connectivity index (χ0v) is 17.4. The van der Waals surface area contributed by atoms with Crippen LogP contribution in [0.15, 0.2) is 24.5 Å². The Bertz CT molecular complexity index is 937. The fourth-order valence-electron chi connectivity index (χ4n) is 4.43. The SMILES string of the molecule is C[C@H]1C[C@@H](NC(=O)CCN2CCOCC2)CN(c2ccc(C#N)c3nccnc23)C1. The fraction of sp³-hybridized carbons (Fsp3) is 0.545. The van der Waals surface area contributed by atoms with Crippen LogP contribution in [0, 0.1) is 17.2 Å². The van der Waals surface area contributed by atoms with Crippen LogP contribution >= 0.6 is 0 Å². The van der Waals surface area contributed by atoms with E-state index < -0.39 is 0 Å². The van der Waals surface area contributed by atoms with Gasteiger partial charge in [-0.15, -0.1) is 0 Å². The number of aromatic nitrogens is 2. The highest BCUT2D eigenvalue weighted by atomic mass is 16.5. The van der Waals surface area contributed by atoms with Crippen molar-refractivity contribution in [1.29, 1.82) is 5.26 Å². The average molecular weight is 409 g/mol. The van der Waals surface area contributed by atoms with Crippen LogP contribution < -0.4 is 10.2 Å². The van der Waals surface area contributed by atoms with Gasteiger partial charge in [-0.3, -0.25) is 19.7 Å². The van der Waals surface area contributed by atoms with E-state index in [1.54, 1.807) is 12.4 Å². The van der Waals surface area contributed by atoms with E-state index in [9.17, 15) is 10.1 Å². The van der Waals surface area contributed by atoms with Crippen molar-refractivity contribution in [3.63, 3.8) is 0 Å². The lowest BCUT2D eigenvalue weighted by atomic mass is 9.95. The van der Waals surface area contributed by atoms with Gasteiger partial charge in [0.2, 0.25) is 5.91 Å². The summed E-state index contributed by atoms with van der Waals surface area (Å²) in [4.78, 5) is 26.0. The van der Waals surface area contributed by atoms with Crippen molar-refractivity contribution < 1.29 is 9.53 Å². The van der Waals surface area contributed by atoms with Gasteiger partial charge in [0.25, 0.3) is 0 Å². The maximum atomic E-state index is 12.6. The molecule has 3 heterocycles. The fourth-order valence-corrected chi connectivity index (χ4v) is 4.43. The molecule has 0 spiro atoms. The number of carbonyl (C=O) groups excluding carboxylic acids is 1. The minimum Gasteiger partial charge on any atom is -0.379 e. The lowest BCUT2D eigenvalue weighted by Crippen LogP contribution is -2.51. The van der Waals surface area contributed by atoms with Gasteiger partial charge in [0.15, 0.2) is 0 Å². The van der Waals surface area contributed by atoms with Gasteiger partial charge in [-0.1, -0.05) is 6.92 Å². The van der Waals surface area contributed by atoms with Gasteiger partial charge < -0.3 is 15.0 Å². The van der Waals surface area contributed by atoms with Gasteiger partial charge in [0.05, 0.1) is 24.5 Å². The highest BCUT2D eigenvalue weighted by molar-refractivity contribution is 5.92. The number of nitrogens with one attached hydrogen (secondary N) is 1. The highest BCUT2D eigenvalue weighted by Gasteiger charge is 2.28. The molecule has 2 aromatic rings. The molecule has 8 nitrogen and oxygen atoms in total. The highest BCUT2D eigenvalue weighted by Crippen LogP contribution is 2.30. The zero-order valence-electron chi connectivity index (χ0n) is 17.4. The average Bonchev–Trinajstić information content (AvgIpc) is 2.77. The van der Waals surface area contributed by atoms with Gasteiger partial charge in [0, 0.05) is 57.6 Å². The molecule has 1 amide bonds. The monoisotopic (exact) mass is 408 g/mol. The molecule has 2 aliphatic heterocycles. The van der Waals surface area contributed by atoms with E-state index >= 15 is 0 Å². The first-order chi connectivity index (χ1) is 14.6. The topological polar surface area (TPSA) is 94.4 Å². The van der Waals surface area contributed by atoms with Gasteiger partial charge in [-0.25, -0.2) is 0 Å². The third-order valence-electron chi connectivity index (χ3n) is 5.85. The molecule has 1 aromatic heterocycles. The molecule has 4 rings (SSSR count). The van der Waals surface area contributed by atoms with Crippen LogP contribution in [0.4, 0.5) is 5.69 Å². The molecule has 2 saturated heterocycles. The molecule has 1 aromatic carbocycles. The molecule has 0 aliphatic carbocycles. The van der Waals surface area contributed by atoms with Crippen LogP contribution in [-0.2, 0) is 9.53 Å². The first kappa shape index (κ1) is 20.5. The Balaban J connectivity index is 1.43. The van der Waals surface area contributed by atoms with E-state index in [2.05, 4.69) is 38.1 Å². The Hall–Kier alpha value is -2.76. The van der Waals surface area contributed by atoms with Crippen LogP contribution in [0.1, 0.15) is 25.3 Å². The number of carbonyl (C=O) groups is 1. The first-order valence-corrected chi connectivity index (χ1v) is 10.6. The van der Waals surface area contributed by atoms with Crippen molar-refractivity contribution in [1.82, 2.24) is 20.2 Å². The van der Waals surface area contributed by atoms with E-state index in [1.807, 2.05) is 12.1 Å². The Kier molecular flexibility index (Phi) is 6.41. The number of piperidine rings is 1. The number of benzene rings is 1. The number of morpholine rings is 1. The van der Waals surface area contributed by atoms with E-state index in [0.717, 1.165) is 63.6 Å². The predicted octanol–water partition coefficient (Wildman–Crippen LogP) is 1.55.